The molecule has 2 rings (SSSR count). The highest BCUT2D eigenvalue weighted by atomic mass is 16.3. The Kier molecular flexibility index (Phi) is 4.15. The van der Waals surface area contributed by atoms with E-state index >= 15 is 0 Å². The van der Waals surface area contributed by atoms with Gasteiger partial charge in [-0.3, -0.25) is 9.98 Å². The first-order chi connectivity index (χ1) is 9.52. The molecule has 104 valence electrons. The summed E-state index contributed by atoms with van der Waals surface area (Å²) in [5.74, 6) is 0.0594. The third-order valence-electron chi connectivity index (χ3n) is 3.36. The van der Waals surface area contributed by atoms with Crippen LogP contribution in [0, 0.1) is 20.8 Å². The molecular weight excluding hydrogens is 252 g/mol. The normalized spacial score (nSPS) is 11.2. The van der Waals surface area contributed by atoms with E-state index in [9.17, 15) is 10.2 Å². The molecule has 4 nitrogen and oxygen atoms in total. The lowest BCUT2D eigenvalue weighted by Gasteiger charge is -2.07. The first-order valence-electron chi connectivity index (χ1n) is 6.42. The van der Waals surface area contributed by atoms with Crippen molar-refractivity contribution in [1.82, 2.24) is 4.98 Å². The smallest absolute Gasteiger partial charge is 0.145 e. The second kappa shape index (κ2) is 5.84. The van der Waals surface area contributed by atoms with E-state index < -0.39 is 0 Å². The molecule has 20 heavy (non-hydrogen) atoms. The zero-order valence-electron chi connectivity index (χ0n) is 11.9. The number of pyridine rings is 1. The van der Waals surface area contributed by atoms with Gasteiger partial charge in [0.1, 0.15) is 5.75 Å². The number of rotatable bonds is 3. The summed E-state index contributed by atoms with van der Waals surface area (Å²) in [7, 11) is 0. The Bertz CT molecular complexity index is 664. The molecule has 0 spiro atoms. The van der Waals surface area contributed by atoms with E-state index in [1.807, 2.05) is 32.0 Å². The number of hydrogen-bond acceptors (Lipinski definition) is 4. The lowest BCUT2D eigenvalue weighted by atomic mass is 10.1. The Hall–Kier alpha value is -2.20. The van der Waals surface area contributed by atoms with Crippen LogP contribution in [-0.2, 0) is 6.61 Å². The highest BCUT2D eigenvalue weighted by Crippen LogP contribution is 2.23. The quantitative estimate of drug-likeness (QED) is 0.843. The van der Waals surface area contributed by atoms with Crippen molar-refractivity contribution in [3.05, 3.63) is 52.3 Å². The molecule has 2 aromatic rings. The zero-order valence-corrected chi connectivity index (χ0v) is 11.9. The molecule has 0 unspecified atom stereocenters. The predicted octanol–water partition coefficient (Wildman–Crippen LogP) is 2.96. The Morgan fingerprint density at radius 3 is 2.60 bits per heavy atom. The molecule has 4 heteroatoms. The van der Waals surface area contributed by atoms with Crippen molar-refractivity contribution in [2.24, 2.45) is 4.99 Å². The third-order valence-corrected chi connectivity index (χ3v) is 3.36. The maximum Gasteiger partial charge on any atom is 0.145 e. The van der Waals surface area contributed by atoms with Crippen LogP contribution in [0.3, 0.4) is 0 Å². The fraction of sp³-hybridized carbons (Fsp3) is 0.250. The highest BCUT2D eigenvalue weighted by Gasteiger charge is 2.09. The predicted molar refractivity (Wildman–Crippen MR) is 79.7 cm³/mol. The number of aromatic nitrogens is 1. The molecular formula is C16H18N2O2. The monoisotopic (exact) mass is 270 g/mol. The number of nitrogens with zero attached hydrogens (tertiary/aromatic N) is 2. The Balaban J connectivity index is 2.40. The van der Waals surface area contributed by atoms with Crippen LogP contribution in [0.2, 0.25) is 0 Å². The van der Waals surface area contributed by atoms with Gasteiger partial charge in [-0.15, -0.1) is 0 Å². The van der Waals surface area contributed by atoms with Crippen LogP contribution in [0.25, 0.3) is 0 Å². The molecule has 1 aromatic heterocycles. The minimum atomic E-state index is -0.185. The van der Waals surface area contributed by atoms with Gasteiger partial charge in [0.15, 0.2) is 0 Å². The molecule has 0 aliphatic rings. The fourth-order valence-electron chi connectivity index (χ4n) is 1.87. The Morgan fingerprint density at radius 1 is 1.20 bits per heavy atom. The maximum atomic E-state index is 10.0. The van der Waals surface area contributed by atoms with Gasteiger partial charge in [0.2, 0.25) is 0 Å². The van der Waals surface area contributed by atoms with Crippen molar-refractivity contribution in [1.29, 1.82) is 0 Å². The summed E-state index contributed by atoms with van der Waals surface area (Å²) >= 11 is 0. The Labute approximate surface area is 118 Å². The largest absolute Gasteiger partial charge is 0.505 e. The number of aliphatic hydroxyl groups excluding tert-OH is 1. The van der Waals surface area contributed by atoms with Gasteiger partial charge < -0.3 is 10.2 Å². The van der Waals surface area contributed by atoms with Crippen molar-refractivity contribution < 1.29 is 10.2 Å². The molecule has 0 aliphatic carbocycles. The molecule has 1 heterocycles. The topological polar surface area (TPSA) is 65.7 Å². The van der Waals surface area contributed by atoms with Crippen LogP contribution in [0.5, 0.6) is 5.75 Å². The number of aromatic hydroxyl groups is 1. The van der Waals surface area contributed by atoms with Crippen molar-refractivity contribution in [2.75, 3.05) is 0 Å². The average Bonchev–Trinajstić information content (AvgIpc) is 2.44. The molecule has 0 bridgehead atoms. The van der Waals surface area contributed by atoms with Gasteiger partial charge in [0, 0.05) is 23.5 Å². The van der Waals surface area contributed by atoms with Gasteiger partial charge in [0.25, 0.3) is 0 Å². The van der Waals surface area contributed by atoms with Crippen LogP contribution in [-0.4, -0.2) is 21.4 Å². The summed E-state index contributed by atoms with van der Waals surface area (Å²) in [5, 5.41) is 19.3. The molecule has 0 radical (unpaired) electrons. The molecule has 1 aromatic carbocycles. The summed E-state index contributed by atoms with van der Waals surface area (Å²) in [6.45, 7) is 5.60. The molecule has 0 amide bonds. The fourth-order valence-corrected chi connectivity index (χ4v) is 1.87. The molecule has 0 fully saturated rings. The van der Waals surface area contributed by atoms with Gasteiger partial charge in [-0.1, -0.05) is 6.07 Å². The van der Waals surface area contributed by atoms with Crippen molar-refractivity contribution >= 4 is 11.9 Å². The molecule has 0 atom stereocenters. The van der Waals surface area contributed by atoms with Crippen LogP contribution in [0.4, 0.5) is 5.69 Å². The van der Waals surface area contributed by atoms with Gasteiger partial charge in [-0.05, 0) is 44.0 Å². The van der Waals surface area contributed by atoms with Crippen LogP contribution >= 0.6 is 0 Å². The minimum Gasteiger partial charge on any atom is -0.505 e. The van der Waals surface area contributed by atoms with E-state index in [-0.39, 0.29) is 12.4 Å². The summed E-state index contributed by atoms with van der Waals surface area (Å²) in [6, 6.07) is 5.91. The van der Waals surface area contributed by atoms with E-state index in [2.05, 4.69) is 9.98 Å². The summed E-state index contributed by atoms with van der Waals surface area (Å²) in [6.07, 6.45) is 3.12. The summed E-state index contributed by atoms with van der Waals surface area (Å²) < 4.78 is 0. The highest BCUT2D eigenvalue weighted by molar-refractivity contribution is 5.87. The second-order valence-electron chi connectivity index (χ2n) is 4.82. The van der Waals surface area contributed by atoms with Crippen LogP contribution in [0.1, 0.15) is 27.9 Å². The molecule has 2 N–H and O–H groups in total. The van der Waals surface area contributed by atoms with Gasteiger partial charge >= 0.3 is 0 Å². The third kappa shape index (κ3) is 2.86. The van der Waals surface area contributed by atoms with E-state index in [0.717, 1.165) is 11.3 Å². The standard InChI is InChI=1S/C16H18N2O2/c1-10-4-5-14(6-11(10)2)18-8-15-13(9-19)7-17-12(3)16(15)20/h4-8,19-20H,9H2,1-3H3. The molecule has 0 aliphatic heterocycles. The van der Waals surface area contributed by atoms with E-state index in [0.29, 0.717) is 16.8 Å². The van der Waals surface area contributed by atoms with E-state index in [1.54, 1.807) is 19.3 Å². The molecule has 0 saturated carbocycles. The van der Waals surface area contributed by atoms with Crippen LogP contribution < -0.4 is 0 Å². The average molecular weight is 270 g/mol. The number of hydrogen-bond donors (Lipinski definition) is 2. The van der Waals surface area contributed by atoms with Gasteiger partial charge in [-0.25, -0.2) is 0 Å². The lowest BCUT2D eigenvalue weighted by Crippen LogP contribution is -1.97. The summed E-state index contributed by atoms with van der Waals surface area (Å²) in [5.41, 5.74) is 4.77. The van der Waals surface area contributed by atoms with E-state index in [4.69, 9.17) is 0 Å². The summed E-state index contributed by atoms with van der Waals surface area (Å²) in [4.78, 5) is 8.38. The maximum absolute atomic E-state index is 10.0. The minimum absolute atomic E-state index is 0.0594. The van der Waals surface area contributed by atoms with Crippen molar-refractivity contribution in [3.8, 4) is 5.75 Å². The number of aryl methyl sites for hydroxylation is 3. The van der Waals surface area contributed by atoms with Crippen molar-refractivity contribution in [3.63, 3.8) is 0 Å². The zero-order chi connectivity index (χ0) is 14.7. The number of benzene rings is 1. The van der Waals surface area contributed by atoms with Gasteiger partial charge in [0.05, 0.1) is 18.0 Å². The number of aliphatic imine (C=N–C) groups is 1. The first-order valence-corrected chi connectivity index (χ1v) is 6.42. The van der Waals surface area contributed by atoms with Crippen molar-refractivity contribution in [2.45, 2.75) is 27.4 Å². The lowest BCUT2D eigenvalue weighted by molar-refractivity contribution is 0.280. The SMILES string of the molecule is Cc1ccc(N=Cc2c(CO)cnc(C)c2O)cc1C. The second-order valence-corrected chi connectivity index (χ2v) is 4.82. The molecule has 0 saturated heterocycles. The Morgan fingerprint density at radius 2 is 1.95 bits per heavy atom. The van der Waals surface area contributed by atoms with E-state index in [1.165, 1.54) is 5.56 Å². The van der Waals surface area contributed by atoms with Crippen LogP contribution in [0.15, 0.2) is 29.4 Å². The van der Waals surface area contributed by atoms with Gasteiger partial charge in [-0.2, -0.15) is 0 Å². The number of aliphatic hydroxyl groups is 1. The first kappa shape index (κ1) is 14.2.